The van der Waals surface area contributed by atoms with Crippen LogP contribution in [0.1, 0.15) is 53.8 Å². The van der Waals surface area contributed by atoms with Gasteiger partial charge < -0.3 is 19.1 Å². The normalized spacial score (nSPS) is 18.5. The predicted molar refractivity (Wildman–Crippen MR) is 149 cm³/mol. The van der Waals surface area contributed by atoms with Crippen LogP contribution in [0.2, 0.25) is 0 Å². The maximum atomic E-state index is 14.0. The van der Waals surface area contributed by atoms with E-state index in [4.69, 9.17) is 10.00 Å². The van der Waals surface area contributed by atoms with Gasteiger partial charge >= 0.3 is 0 Å². The Hall–Kier alpha value is -3.48. The van der Waals surface area contributed by atoms with Crippen LogP contribution in [0.5, 0.6) is 5.75 Å². The Bertz CT molecular complexity index is 1350. The van der Waals surface area contributed by atoms with Gasteiger partial charge in [-0.2, -0.15) is 5.26 Å². The minimum Gasteiger partial charge on any atom is -0.497 e. The van der Waals surface area contributed by atoms with Crippen molar-refractivity contribution in [3.05, 3.63) is 71.5 Å². The van der Waals surface area contributed by atoms with Crippen molar-refractivity contribution in [2.75, 3.05) is 30.9 Å². The fourth-order valence-electron chi connectivity index (χ4n) is 5.03. The number of halogens is 1. The second-order valence-electron chi connectivity index (χ2n) is 9.29. The first-order chi connectivity index (χ1) is 18.0. The van der Waals surface area contributed by atoms with E-state index in [0.717, 1.165) is 41.4 Å². The first kappa shape index (κ1) is 27.6. The number of carbonyl (C=O) groups excluding carboxylic acids is 2. The molecule has 38 heavy (non-hydrogen) atoms. The molecule has 8 nitrogen and oxygen atoms in total. The number of benzene rings is 2. The maximum Gasteiger partial charge on any atom is 0.272 e. The highest BCUT2D eigenvalue weighted by molar-refractivity contribution is 7.99. The van der Waals surface area contributed by atoms with Crippen molar-refractivity contribution in [3.8, 4) is 11.8 Å². The minimum absolute atomic E-state index is 0. The van der Waals surface area contributed by atoms with Gasteiger partial charge in [0.25, 0.3) is 5.91 Å². The van der Waals surface area contributed by atoms with Gasteiger partial charge in [0.05, 0.1) is 37.0 Å². The Balaban J connectivity index is 0.00000336. The SMILES string of the molecule is CCCC[C@H]1CN(c2cccc(OC)c2)C(=O)CN1C(=O)c1cnc2n1[C@@H](c1ccc(C#N)cc1)CS2.Cl. The van der Waals surface area contributed by atoms with Crippen LogP contribution >= 0.6 is 24.2 Å². The molecule has 2 aliphatic heterocycles. The largest absolute Gasteiger partial charge is 0.497 e. The zero-order chi connectivity index (χ0) is 25.9. The average Bonchev–Trinajstić information content (AvgIpc) is 3.54. The van der Waals surface area contributed by atoms with Crippen LogP contribution in [0.15, 0.2) is 59.9 Å². The number of thioether (sulfide) groups is 1. The molecule has 3 heterocycles. The van der Waals surface area contributed by atoms with Gasteiger partial charge in [-0.1, -0.05) is 49.7 Å². The van der Waals surface area contributed by atoms with Gasteiger partial charge in [0.1, 0.15) is 18.0 Å². The number of nitriles is 1. The van der Waals surface area contributed by atoms with Gasteiger partial charge in [-0.05, 0) is 36.2 Å². The number of carbonyl (C=O) groups is 2. The fraction of sp³-hybridized carbons (Fsp3) is 0.357. The van der Waals surface area contributed by atoms with Gasteiger partial charge in [-0.15, -0.1) is 12.4 Å². The number of methoxy groups -OCH3 is 1. The summed E-state index contributed by atoms with van der Waals surface area (Å²) in [6.45, 7) is 2.58. The molecule has 2 amide bonds. The Morgan fingerprint density at radius 2 is 2.03 bits per heavy atom. The molecule has 10 heteroatoms. The van der Waals surface area contributed by atoms with Crippen molar-refractivity contribution in [2.24, 2.45) is 0 Å². The van der Waals surface area contributed by atoms with E-state index in [1.165, 1.54) is 0 Å². The van der Waals surface area contributed by atoms with Crippen LogP contribution in [-0.2, 0) is 4.79 Å². The number of piperazine rings is 1. The summed E-state index contributed by atoms with van der Waals surface area (Å²) < 4.78 is 7.34. The second kappa shape index (κ2) is 11.9. The Morgan fingerprint density at radius 1 is 1.24 bits per heavy atom. The summed E-state index contributed by atoms with van der Waals surface area (Å²) in [5, 5.41) is 9.94. The molecule has 3 aromatic rings. The summed E-state index contributed by atoms with van der Waals surface area (Å²) in [6.07, 6.45) is 4.41. The van der Waals surface area contributed by atoms with Crippen LogP contribution in [0.3, 0.4) is 0 Å². The number of fused-ring (bicyclic) bond motifs is 1. The average molecular weight is 552 g/mol. The zero-order valence-corrected chi connectivity index (χ0v) is 23.0. The summed E-state index contributed by atoms with van der Waals surface area (Å²) in [7, 11) is 1.61. The van der Waals surface area contributed by atoms with E-state index in [2.05, 4.69) is 18.0 Å². The number of hydrogen-bond donors (Lipinski definition) is 0. The van der Waals surface area contributed by atoms with E-state index in [9.17, 15) is 9.59 Å². The molecular weight excluding hydrogens is 522 g/mol. The lowest BCUT2D eigenvalue weighted by atomic mass is 10.0. The summed E-state index contributed by atoms with van der Waals surface area (Å²) >= 11 is 1.61. The van der Waals surface area contributed by atoms with Gasteiger partial charge in [0, 0.05) is 24.1 Å². The zero-order valence-electron chi connectivity index (χ0n) is 21.4. The lowest BCUT2D eigenvalue weighted by molar-refractivity contribution is -0.121. The molecule has 2 atom stereocenters. The third kappa shape index (κ3) is 5.24. The summed E-state index contributed by atoms with van der Waals surface area (Å²) in [6, 6.07) is 16.9. The summed E-state index contributed by atoms with van der Waals surface area (Å²) in [4.78, 5) is 35.3. The van der Waals surface area contributed by atoms with Crippen molar-refractivity contribution in [3.63, 3.8) is 0 Å². The molecule has 0 unspecified atom stereocenters. The molecule has 198 valence electrons. The van der Waals surface area contributed by atoms with Gasteiger partial charge in [-0.3, -0.25) is 9.59 Å². The number of unbranched alkanes of at least 4 members (excludes halogenated alkanes) is 1. The highest BCUT2D eigenvalue weighted by Gasteiger charge is 2.39. The van der Waals surface area contributed by atoms with Crippen LogP contribution in [0.4, 0.5) is 5.69 Å². The quantitative estimate of drug-likeness (QED) is 0.413. The molecule has 0 saturated carbocycles. The smallest absolute Gasteiger partial charge is 0.272 e. The van der Waals surface area contributed by atoms with Crippen LogP contribution in [0, 0.1) is 11.3 Å². The van der Waals surface area contributed by atoms with Crippen molar-refractivity contribution >= 4 is 41.7 Å². The summed E-state index contributed by atoms with van der Waals surface area (Å²) in [5.74, 6) is 1.17. The van der Waals surface area contributed by atoms with Crippen molar-refractivity contribution in [1.82, 2.24) is 14.5 Å². The molecule has 0 N–H and O–H groups in total. The molecular formula is C28H30ClN5O3S. The van der Waals surface area contributed by atoms with Crippen LogP contribution in [-0.4, -0.2) is 58.3 Å². The highest BCUT2D eigenvalue weighted by Crippen LogP contribution is 2.38. The molecule has 1 saturated heterocycles. The fourth-order valence-corrected chi connectivity index (χ4v) is 6.17. The number of ether oxygens (including phenoxy) is 1. The number of hydrogen-bond acceptors (Lipinski definition) is 6. The van der Waals surface area contributed by atoms with Gasteiger partial charge in [-0.25, -0.2) is 4.98 Å². The molecule has 1 aromatic heterocycles. The lowest BCUT2D eigenvalue weighted by Crippen LogP contribution is -2.58. The van der Waals surface area contributed by atoms with Gasteiger partial charge in [0.2, 0.25) is 5.91 Å². The van der Waals surface area contributed by atoms with Crippen molar-refractivity contribution in [2.45, 2.75) is 43.4 Å². The van der Waals surface area contributed by atoms with E-state index < -0.39 is 0 Å². The molecule has 0 spiro atoms. The third-order valence-electron chi connectivity index (χ3n) is 7.05. The Labute approximate surface area is 233 Å². The Kier molecular flexibility index (Phi) is 8.65. The third-order valence-corrected chi connectivity index (χ3v) is 8.09. The van der Waals surface area contributed by atoms with Crippen molar-refractivity contribution in [1.29, 1.82) is 5.26 Å². The van der Waals surface area contributed by atoms with E-state index in [0.29, 0.717) is 23.6 Å². The maximum absolute atomic E-state index is 14.0. The van der Waals surface area contributed by atoms with E-state index >= 15 is 0 Å². The Morgan fingerprint density at radius 3 is 2.74 bits per heavy atom. The molecule has 5 rings (SSSR count). The van der Waals surface area contributed by atoms with Crippen LogP contribution in [0.25, 0.3) is 0 Å². The number of anilines is 1. The molecule has 0 bridgehead atoms. The first-order valence-corrected chi connectivity index (χ1v) is 13.5. The predicted octanol–water partition coefficient (Wildman–Crippen LogP) is 4.93. The van der Waals surface area contributed by atoms with Crippen molar-refractivity contribution < 1.29 is 14.3 Å². The molecule has 1 fully saturated rings. The number of rotatable bonds is 7. The number of nitrogens with zero attached hydrogens (tertiary/aromatic N) is 5. The molecule has 2 aliphatic rings. The van der Waals surface area contributed by atoms with Gasteiger partial charge in [0.15, 0.2) is 5.16 Å². The molecule has 0 radical (unpaired) electrons. The van der Waals surface area contributed by atoms with E-state index in [-0.39, 0.29) is 42.8 Å². The molecule has 0 aliphatic carbocycles. The standard InChI is InChI=1S/C28H29N5O3S.ClH/c1-3-4-6-22-16-31(21-7-5-8-23(13-21)36-2)26(34)17-32(22)27(35)24-15-30-28-33(24)25(18-37-28)20-11-9-19(14-29)10-12-20;/h5,7-13,15,22,25H,3-4,6,16-18H2,1-2H3;1H/t22-,25+;/m0./s1. The second-order valence-corrected chi connectivity index (χ2v) is 10.3. The topological polar surface area (TPSA) is 91.5 Å². The summed E-state index contributed by atoms with van der Waals surface area (Å²) in [5.41, 5.74) is 2.90. The number of aromatic nitrogens is 2. The van der Waals surface area contributed by atoms with E-state index in [1.54, 1.807) is 47.0 Å². The number of amides is 2. The lowest BCUT2D eigenvalue weighted by Gasteiger charge is -2.41. The van der Waals surface area contributed by atoms with E-state index in [1.807, 2.05) is 41.0 Å². The highest BCUT2D eigenvalue weighted by atomic mass is 35.5. The minimum atomic E-state index is -0.167. The first-order valence-electron chi connectivity index (χ1n) is 12.5. The van der Waals surface area contributed by atoms with Crippen LogP contribution < -0.4 is 9.64 Å². The number of imidazole rings is 1. The monoisotopic (exact) mass is 551 g/mol. The molecule has 2 aromatic carbocycles.